The summed E-state index contributed by atoms with van der Waals surface area (Å²) in [5.74, 6) is 0. The molecule has 0 saturated heterocycles. The molecule has 0 unspecified atom stereocenters. The first-order valence-electron chi connectivity index (χ1n) is 1.63. The zero-order chi connectivity index (χ0) is 5.70. The largest absolute Gasteiger partial charge is 0.242 e. The van der Waals surface area contributed by atoms with Gasteiger partial charge >= 0.3 is 0 Å². The van der Waals surface area contributed by atoms with Crippen LogP contribution in [0.15, 0.2) is 4.99 Å². The zero-order valence-corrected chi connectivity index (χ0v) is 5.00. The maximum Gasteiger partial charge on any atom is 0.128 e. The van der Waals surface area contributed by atoms with Crippen LogP contribution >= 0.6 is 23.2 Å². The van der Waals surface area contributed by atoms with Gasteiger partial charge in [-0.25, -0.2) is 10.4 Å². The number of hydrogen-bond donors (Lipinski definition) is 1. The third kappa shape index (κ3) is 5.96. The zero-order valence-electron chi connectivity index (χ0n) is 3.49. The fourth-order valence-corrected chi connectivity index (χ4v) is 0.253. The monoisotopic (exact) mass is 138 g/mol. The van der Waals surface area contributed by atoms with Crippen molar-refractivity contribution in [3.8, 4) is 0 Å². The molecule has 0 fully saturated rings. The summed E-state index contributed by atoms with van der Waals surface area (Å²) in [7, 11) is 0. The van der Waals surface area contributed by atoms with Crippen LogP contribution in [0.1, 0.15) is 0 Å². The normalized spacial score (nSPS) is 8.43. The van der Waals surface area contributed by atoms with E-state index in [1.165, 1.54) is 0 Å². The molecule has 4 heteroatoms. The van der Waals surface area contributed by atoms with Gasteiger partial charge in [-0.1, -0.05) is 0 Å². The topological polar surface area (TPSA) is 36.2 Å². The fourth-order valence-electron chi connectivity index (χ4n) is 0.115. The molecule has 40 valence electrons. The van der Waals surface area contributed by atoms with E-state index in [2.05, 4.69) is 4.99 Å². The molecule has 1 N–H and O–H groups in total. The SMILES string of the molecule is N=C=NCC(Cl)Cl. The van der Waals surface area contributed by atoms with E-state index in [9.17, 15) is 0 Å². The lowest BCUT2D eigenvalue weighted by Gasteiger charge is -1.86. The van der Waals surface area contributed by atoms with Crippen LogP contribution < -0.4 is 0 Å². The molecule has 0 amide bonds. The first kappa shape index (κ1) is 6.96. The molecule has 0 aliphatic heterocycles. The Morgan fingerprint density at radius 2 is 2.29 bits per heavy atom. The summed E-state index contributed by atoms with van der Waals surface area (Å²) < 4.78 is 0. The lowest BCUT2D eigenvalue weighted by Crippen LogP contribution is -1.89. The molecule has 0 atom stereocenters. The molecule has 0 heterocycles. The highest BCUT2D eigenvalue weighted by Gasteiger charge is 1.91. The van der Waals surface area contributed by atoms with E-state index in [4.69, 9.17) is 28.6 Å². The van der Waals surface area contributed by atoms with Gasteiger partial charge in [-0.3, -0.25) is 0 Å². The number of halogens is 2. The Labute approximate surface area is 51.7 Å². The molecule has 7 heavy (non-hydrogen) atoms. The van der Waals surface area contributed by atoms with E-state index >= 15 is 0 Å². The minimum absolute atomic E-state index is 0.257. The summed E-state index contributed by atoms with van der Waals surface area (Å²) in [6, 6.07) is 1.81. The molecule has 0 aromatic carbocycles. The quantitative estimate of drug-likeness (QED) is 0.445. The van der Waals surface area contributed by atoms with Crippen molar-refractivity contribution in [2.24, 2.45) is 4.99 Å². The number of nitrogens with one attached hydrogen (secondary N) is 1. The van der Waals surface area contributed by atoms with E-state index in [1.54, 1.807) is 6.01 Å². The Hall–Kier alpha value is -0.0400. The fraction of sp³-hybridized carbons (Fsp3) is 0.667. The lowest BCUT2D eigenvalue weighted by atomic mass is 10.8. The van der Waals surface area contributed by atoms with Crippen LogP contribution in [-0.4, -0.2) is 17.4 Å². The first-order chi connectivity index (χ1) is 3.27. The molecule has 0 aromatic heterocycles. The third-order valence-corrected chi connectivity index (χ3v) is 0.584. The van der Waals surface area contributed by atoms with Gasteiger partial charge in [-0.05, 0) is 0 Å². The molecule has 0 aliphatic carbocycles. The highest BCUT2D eigenvalue weighted by molar-refractivity contribution is 6.44. The van der Waals surface area contributed by atoms with Crippen LogP contribution in [0.5, 0.6) is 0 Å². The molecule has 0 saturated carbocycles. The van der Waals surface area contributed by atoms with E-state index in [0.29, 0.717) is 0 Å². The number of rotatable bonds is 2. The number of aliphatic imine (C=N–C) groups is 1. The minimum Gasteiger partial charge on any atom is -0.242 e. The summed E-state index contributed by atoms with van der Waals surface area (Å²) in [4.78, 5) is 2.82. The van der Waals surface area contributed by atoms with E-state index < -0.39 is 4.84 Å². The molecular weight excluding hydrogens is 135 g/mol. The molecule has 0 rings (SSSR count). The molecule has 0 aromatic rings. The van der Waals surface area contributed by atoms with Gasteiger partial charge in [-0.15, -0.1) is 23.2 Å². The van der Waals surface area contributed by atoms with E-state index in [-0.39, 0.29) is 6.54 Å². The molecule has 0 aliphatic rings. The number of hydrogen-bond acceptors (Lipinski definition) is 2. The smallest absolute Gasteiger partial charge is 0.128 e. The van der Waals surface area contributed by atoms with Gasteiger partial charge in [0.05, 0.1) is 12.6 Å². The Balaban J connectivity index is 3.13. The van der Waals surface area contributed by atoms with Crippen molar-refractivity contribution in [3.05, 3.63) is 0 Å². The second-order valence-corrected chi connectivity index (χ2v) is 2.12. The van der Waals surface area contributed by atoms with Gasteiger partial charge in [0.25, 0.3) is 0 Å². The molecule has 0 bridgehead atoms. The predicted octanol–water partition coefficient (Wildman–Crippen LogP) is 1.54. The summed E-state index contributed by atoms with van der Waals surface area (Å²) in [6.45, 7) is 0.257. The maximum absolute atomic E-state index is 6.26. The van der Waals surface area contributed by atoms with Gasteiger partial charge in [0.2, 0.25) is 0 Å². The maximum atomic E-state index is 6.26. The summed E-state index contributed by atoms with van der Waals surface area (Å²) in [6.07, 6.45) is 0. The highest BCUT2D eigenvalue weighted by atomic mass is 35.5. The van der Waals surface area contributed by atoms with Crippen LogP contribution in [0.4, 0.5) is 0 Å². The van der Waals surface area contributed by atoms with Crippen molar-refractivity contribution in [2.75, 3.05) is 6.54 Å². The van der Waals surface area contributed by atoms with Crippen molar-refractivity contribution in [1.82, 2.24) is 0 Å². The van der Waals surface area contributed by atoms with Gasteiger partial charge in [0.15, 0.2) is 0 Å². The Morgan fingerprint density at radius 3 is 2.43 bits per heavy atom. The number of nitrogens with zero attached hydrogens (tertiary/aromatic N) is 1. The molecule has 2 nitrogen and oxygen atoms in total. The molecule has 0 spiro atoms. The molecule has 0 radical (unpaired) electrons. The average Bonchev–Trinajstić information content (AvgIpc) is 1.61. The second kappa shape index (κ2) is 4.13. The van der Waals surface area contributed by atoms with Crippen LogP contribution in [0, 0.1) is 5.41 Å². The molecular formula is C3H4Cl2N2. The van der Waals surface area contributed by atoms with Gasteiger partial charge in [-0.2, -0.15) is 0 Å². The Kier molecular flexibility index (Phi) is 4.10. The van der Waals surface area contributed by atoms with Gasteiger partial charge in [0, 0.05) is 0 Å². The Bertz CT molecular complexity index is 84.9. The third-order valence-electron chi connectivity index (χ3n) is 0.308. The van der Waals surface area contributed by atoms with Crippen molar-refractivity contribution < 1.29 is 0 Å². The van der Waals surface area contributed by atoms with Crippen LogP contribution in [0.25, 0.3) is 0 Å². The van der Waals surface area contributed by atoms with Crippen LogP contribution in [0.2, 0.25) is 0 Å². The highest BCUT2D eigenvalue weighted by Crippen LogP contribution is 1.99. The second-order valence-electron chi connectivity index (χ2n) is 0.844. The standard InChI is InChI=1S/C3H4Cl2N2/c4-3(5)1-7-2-6/h3,6H,1H2. The van der Waals surface area contributed by atoms with E-state index in [1.807, 2.05) is 0 Å². The van der Waals surface area contributed by atoms with Gasteiger partial charge < -0.3 is 0 Å². The van der Waals surface area contributed by atoms with Crippen molar-refractivity contribution in [1.29, 1.82) is 5.41 Å². The Morgan fingerprint density at radius 1 is 1.71 bits per heavy atom. The first-order valence-corrected chi connectivity index (χ1v) is 2.51. The average molecular weight is 139 g/mol. The van der Waals surface area contributed by atoms with Crippen molar-refractivity contribution in [3.63, 3.8) is 0 Å². The summed E-state index contributed by atoms with van der Waals surface area (Å²) in [5, 5.41) is 6.26. The van der Waals surface area contributed by atoms with Gasteiger partial charge in [0.1, 0.15) is 4.84 Å². The minimum atomic E-state index is -0.502. The summed E-state index contributed by atoms with van der Waals surface area (Å²) >= 11 is 10.4. The predicted molar refractivity (Wildman–Crippen MR) is 30.5 cm³/mol. The summed E-state index contributed by atoms with van der Waals surface area (Å²) in [5.41, 5.74) is 0. The van der Waals surface area contributed by atoms with Crippen molar-refractivity contribution in [2.45, 2.75) is 4.84 Å². The lowest BCUT2D eigenvalue weighted by molar-refractivity contribution is 1.09. The van der Waals surface area contributed by atoms with Crippen LogP contribution in [-0.2, 0) is 0 Å². The van der Waals surface area contributed by atoms with E-state index in [0.717, 1.165) is 0 Å². The van der Waals surface area contributed by atoms with Crippen LogP contribution in [0.3, 0.4) is 0 Å². The van der Waals surface area contributed by atoms with Crippen molar-refractivity contribution >= 4 is 29.2 Å². The number of alkyl halides is 2.